The third kappa shape index (κ3) is 5.86. The lowest BCUT2D eigenvalue weighted by atomic mass is 10.3. The minimum Gasteiger partial charge on any atom is -0.381 e. The van der Waals surface area contributed by atoms with Gasteiger partial charge < -0.3 is 10.6 Å². The highest BCUT2D eigenvalue weighted by Gasteiger charge is 2.10. The molecule has 1 atom stereocenters. The van der Waals surface area contributed by atoms with E-state index in [0.717, 1.165) is 24.5 Å². The third-order valence-electron chi connectivity index (χ3n) is 2.28. The molecule has 1 aromatic heterocycles. The average molecular weight is 271 g/mol. The van der Waals surface area contributed by atoms with Gasteiger partial charge in [-0.1, -0.05) is 6.92 Å². The van der Waals surface area contributed by atoms with Gasteiger partial charge in [-0.3, -0.25) is 0 Å². The largest absolute Gasteiger partial charge is 0.381 e. The molecule has 0 saturated carbocycles. The molecule has 1 aromatic rings. The molecule has 1 heterocycles. The molecule has 0 radical (unpaired) electrons. The predicted octanol–water partition coefficient (Wildman–Crippen LogP) is 1.75. The number of nitrogens with zero attached hydrogens (tertiary/aromatic N) is 1. The smallest absolute Gasteiger partial charge is 0.149 e. The van der Waals surface area contributed by atoms with Crippen LogP contribution in [0, 0.1) is 0 Å². The van der Waals surface area contributed by atoms with Crippen molar-refractivity contribution in [1.29, 1.82) is 0 Å². The summed E-state index contributed by atoms with van der Waals surface area (Å²) in [6.45, 7) is 4.80. The van der Waals surface area contributed by atoms with Gasteiger partial charge in [0.2, 0.25) is 0 Å². The highest BCUT2D eigenvalue weighted by Crippen LogP contribution is 2.13. The average Bonchev–Trinajstić information content (AvgIpc) is 2.24. The van der Waals surface area contributed by atoms with E-state index in [2.05, 4.69) is 22.5 Å². The second-order valence-corrected chi connectivity index (χ2v) is 6.68. The minimum absolute atomic E-state index is 0.118. The van der Waals surface area contributed by atoms with Crippen LogP contribution in [0.15, 0.2) is 18.3 Å². The molecule has 0 aromatic carbocycles. The zero-order valence-corrected chi connectivity index (χ0v) is 11.9. The lowest BCUT2D eigenvalue weighted by molar-refractivity contribution is 0.598. The second-order valence-electron chi connectivity index (χ2n) is 4.49. The van der Waals surface area contributed by atoms with Crippen LogP contribution in [-0.2, 0) is 9.84 Å². The summed E-state index contributed by atoms with van der Waals surface area (Å²) in [5.74, 6) is 0.918. The first-order valence-electron chi connectivity index (χ1n) is 6.05. The Morgan fingerprint density at radius 2 is 2.17 bits per heavy atom. The Balaban J connectivity index is 2.61. The van der Waals surface area contributed by atoms with Crippen LogP contribution < -0.4 is 10.6 Å². The Bertz CT molecular complexity index is 474. The van der Waals surface area contributed by atoms with E-state index in [1.807, 2.05) is 19.1 Å². The van der Waals surface area contributed by atoms with E-state index < -0.39 is 9.84 Å². The number of aromatic nitrogens is 1. The van der Waals surface area contributed by atoms with E-state index in [9.17, 15) is 8.42 Å². The highest BCUT2D eigenvalue weighted by atomic mass is 32.2. The number of hydrogen-bond acceptors (Lipinski definition) is 5. The van der Waals surface area contributed by atoms with Gasteiger partial charge in [0, 0.05) is 36.8 Å². The maximum absolute atomic E-state index is 11.2. The van der Waals surface area contributed by atoms with Crippen molar-refractivity contribution >= 4 is 21.3 Å². The molecule has 0 spiro atoms. The van der Waals surface area contributed by atoms with Crippen LogP contribution in [0.1, 0.15) is 20.3 Å². The Hall–Kier alpha value is -1.30. The summed E-state index contributed by atoms with van der Waals surface area (Å²) >= 11 is 0. The van der Waals surface area contributed by atoms with E-state index >= 15 is 0 Å². The van der Waals surface area contributed by atoms with Gasteiger partial charge in [-0.25, -0.2) is 13.4 Å². The Morgan fingerprint density at radius 3 is 2.78 bits per heavy atom. The summed E-state index contributed by atoms with van der Waals surface area (Å²) < 4.78 is 22.4. The van der Waals surface area contributed by atoms with Crippen LogP contribution in [0.5, 0.6) is 0 Å². The quantitative estimate of drug-likeness (QED) is 0.790. The van der Waals surface area contributed by atoms with Crippen molar-refractivity contribution < 1.29 is 8.42 Å². The topological polar surface area (TPSA) is 71.1 Å². The van der Waals surface area contributed by atoms with Crippen molar-refractivity contribution in [1.82, 2.24) is 4.98 Å². The standard InChI is InChI=1S/C12H21N3O2S/c1-4-6-13-12-8-11(5-7-14-12)15-10(2)9-18(3,16)17/h5,7-8,10H,4,6,9H2,1-3H3,(H2,13,14,15). The van der Waals surface area contributed by atoms with Gasteiger partial charge in [-0.15, -0.1) is 0 Å². The summed E-state index contributed by atoms with van der Waals surface area (Å²) in [7, 11) is -2.96. The molecule has 0 aliphatic heterocycles. The van der Waals surface area contributed by atoms with Crippen LogP contribution >= 0.6 is 0 Å². The van der Waals surface area contributed by atoms with E-state index in [1.165, 1.54) is 6.26 Å². The van der Waals surface area contributed by atoms with E-state index in [0.29, 0.717) is 0 Å². The molecular formula is C12H21N3O2S. The van der Waals surface area contributed by atoms with Crippen molar-refractivity contribution in [2.24, 2.45) is 0 Å². The zero-order valence-electron chi connectivity index (χ0n) is 11.1. The van der Waals surface area contributed by atoms with Crippen LogP contribution in [-0.4, -0.2) is 38.0 Å². The zero-order chi connectivity index (χ0) is 13.6. The van der Waals surface area contributed by atoms with Gasteiger partial charge in [0.25, 0.3) is 0 Å². The molecule has 0 aliphatic rings. The van der Waals surface area contributed by atoms with Crippen LogP contribution in [0.3, 0.4) is 0 Å². The molecule has 2 N–H and O–H groups in total. The molecule has 1 rings (SSSR count). The molecule has 102 valence electrons. The number of sulfone groups is 1. The van der Waals surface area contributed by atoms with E-state index in [4.69, 9.17) is 0 Å². The van der Waals surface area contributed by atoms with Gasteiger partial charge in [0.15, 0.2) is 0 Å². The van der Waals surface area contributed by atoms with Crippen LogP contribution in [0.4, 0.5) is 11.5 Å². The van der Waals surface area contributed by atoms with Gasteiger partial charge in [0.1, 0.15) is 15.7 Å². The molecule has 0 amide bonds. The number of nitrogens with one attached hydrogen (secondary N) is 2. The van der Waals surface area contributed by atoms with Crippen molar-refractivity contribution in [3.63, 3.8) is 0 Å². The summed E-state index contributed by atoms with van der Waals surface area (Å²) in [6.07, 6.45) is 3.98. The van der Waals surface area contributed by atoms with Gasteiger partial charge in [0.05, 0.1) is 5.75 Å². The Labute approximate surface area is 109 Å². The fraction of sp³-hybridized carbons (Fsp3) is 0.583. The number of rotatable bonds is 7. The lowest BCUT2D eigenvalue weighted by Crippen LogP contribution is -2.25. The van der Waals surface area contributed by atoms with E-state index in [1.54, 1.807) is 6.20 Å². The van der Waals surface area contributed by atoms with Gasteiger partial charge >= 0.3 is 0 Å². The summed E-state index contributed by atoms with van der Waals surface area (Å²) in [6, 6.07) is 3.59. The number of anilines is 2. The summed E-state index contributed by atoms with van der Waals surface area (Å²) in [5, 5.41) is 6.34. The Morgan fingerprint density at radius 1 is 1.44 bits per heavy atom. The fourth-order valence-electron chi connectivity index (χ4n) is 1.65. The second kappa shape index (κ2) is 6.58. The molecule has 0 saturated heterocycles. The normalized spacial score (nSPS) is 13.1. The van der Waals surface area contributed by atoms with Gasteiger partial charge in [-0.2, -0.15) is 0 Å². The third-order valence-corrected chi connectivity index (χ3v) is 3.39. The van der Waals surface area contributed by atoms with Crippen LogP contribution in [0.25, 0.3) is 0 Å². The molecule has 0 fully saturated rings. The molecule has 1 unspecified atom stereocenters. The number of pyridine rings is 1. The van der Waals surface area contributed by atoms with Gasteiger partial charge in [-0.05, 0) is 19.4 Å². The SMILES string of the molecule is CCCNc1cc(NC(C)CS(C)(=O)=O)ccn1. The summed E-state index contributed by atoms with van der Waals surface area (Å²) in [4.78, 5) is 4.19. The molecule has 0 aliphatic carbocycles. The minimum atomic E-state index is -2.96. The first-order chi connectivity index (χ1) is 8.40. The van der Waals surface area contributed by atoms with E-state index in [-0.39, 0.29) is 11.8 Å². The van der Waals surface area contributed by atoms with Crippen molar-refractivity contribution in [3.8, 4) is 0 Å². The lowest BCUT2D eigenvalue weighted by Gasteiger charge is -2.14. The van der Waals surface area contributed by atoms with Crippen LogP contribution in [0.2, 0.25) is 0 Å². The van der Waals surface area contributed by atoms with Crippen molar-refractivity contribution in [2.45, 2.75) is 26.3 Å². The monoisotopic (exact) mass is 271 g/mol. The Kier molecular flexibility index (Phi) is 5.40. The summed E-state index contributed by atoms with van der Waals surface area (Å²) in [5.41, 5.74) is 0.875. The molecule has 0 bridgehead atoms. The first-order valence-corrected chi connectivity index (χ1v) is 8.11. The van der Waals surface area contributed by atoms with Crippen molar-refractivity contribution in [2.75, 3.05) is 29.2 Å². The molecule has 5 nitrogen and oxygen atoms in total. The maximum Gasteiger partial charge on any atom is 0.149 e. The van der Waals surface area contributed by atoms with Crippen molar-refractivity contribution in [3.05, 3.63) is 18.3 Å². The fourth-order valence-corrected chi connectivity index (χ4v) is 2.64. The highest BCUT2D eigenvalue weighted by molar-refractivity contribution is 7.90. The predicted molar refractivity (Wildman–Crippen MR) is 75.8 cm³/mol. The molecule has 6 heteroatoms. The molecular weight excluding hydrogens is 250 g/mol. The first kappa shape index (κ1) is 14.8. The molecule has 18 heavy (non-hydrogen) atoms. The number of hydrogen-bond donors (Lipinski definition) is 2. The maximum atomic E-state index is 11.2.